The molecule has 0 aromatic heterocycles. The molecule has 1 saturated carbocycles. The van der Waals surface area contributed by atoms with E-state index in [9.17, 15) is 45.8 Å². The summed E-state index contributed by atoms with van der Waals surface area (Å²) in [5.41, 5.74) is 0.500. The Hall–Kier alpha value is -5.92. The summed E-state index contributed by atoms with van der Waals surface area (Å²) in [7, 11) is 0. The minimum Gasteiger partial charge on any atom is -0.508 e. The Morgan fingerprint density at radius 2 is 1.39 bits per heavy atom. The SMILES string of the molecule is Cc1ccc(NN2C(=O)[C@@H]3C[C@@H]4C(=CC[C@@H]5C(=O)N(c6cc(C(F)(F)F)cc(C(F)(F)F)c6)C(=O)[C@@H]54)[C@H](c4ccc(O)c(C)c4)[C@]3(c3ccccc3)C2=O)cc1. The third-order valence-electron chi connectivity index (χ3n) is 11.8. The van der Waals surface area contributed by atoms with Crippen molar-refractivity contribution in [2.24, 2.45) is 23.7 Å². The normalized spacial score (nSPS) is 26.2. The van der Waals surface area contributed by atoms with Crippen molar-refractivity contribution in [1.82, 2.24) is 5.01 Å². The summed E-state index contributed by atoms with van der Waals surface area (Å²) in [4.78, 5) is 58.9. The van der Waals surface area contributed by atoms with Crippen molar-refractivity contribution in [3.05, 3.63) is 136 Å². The number of rotatable bonds is 5. The van der Waals surface area contributed by atoms with E-state index in [0.29, 0.717) is 45.0 Å². The van der Waals surface area contributed by atoms with Crippen LogP contribution in [0.25, 0.3) is 0 Å². The monoisotopic (exact) mass is 773 g/mol. The van der Waals surface area contributed by atoms with E-state index in [-0.39, 0.29) is 24.7 Å². The van der Waals surface area contributed by atoms with Crippen molar-refractivity contribution in [3.63, 3.8) is 0 Å². The fourth-order valence-electron chi connectivity index (χ4n) is 9.30. The molecule has 4 aromatic carbocycles. The van der Waals surface area contributed by atoms with Crippen LogP contribution in [0, 0.1) is 37.5 Å². The molecule has 3 fully saturated rings. The van der Waals surface area contributed by atoms with E-state index in [1.807, 2.05) is 6.92 Å². The van der Waals surface area contributed by atoms with Crippen LogP contribution in [0.3, 0.4) is 0 Å². The minimum atomic E-state index is -5.23. The van der Waals surface area contributed by atoms with Crippen LogP contribution in [0.15, 0.2) is 103 Å². The maximum absolute atomic E-state index is 15.2. The van der Waals surface area contributed by atoms with Gasteiger partial charge in [-0.1, -0.05) is 71.8 Å². The second-order valence-electron chi connectivity index (χ2n) is 14.9. The number of hydrogen-bond donors (Lipinski definition) is 2. The number of hydrogen-bond acceptors (Lipinski definition) is 6. The predicted molar refractivity (Wildman–Crippen MR) is 191 cm³/mol. The Labute approximate surface area is 316 Å². The second-order valence-corrected chi connectivity index (χ2v) is 14.9. The molecule has 0 radical (unpaired) electrons. The van der Waals surface area contributed by atoms with Gasteiger partial charge in [-0.2, -0.15) is 31.4 Å². The Bertz CT molecular complexity index is 2310. The average molecular weight is 774 g/mol. The molecule has 288 valence electrons. The lowest BCUT2D eigenvalue weighted by atomic mass is 9.49. The second kappa shape index (κ2) is 12.8. The van der Waals surface area contributed by atoms with Crippen molar-refractivity contribution in [3.8, 4) is 5.75 Å². The van der Waals surface area contributed by atoms with Crippen LogP contribution in [-0.2, 0) is 36.9 Å². The van der Waals surface area contributed by atoms with Gasteiger partial charge < -0.3 is 5.11 Å². The number of anilines is 2. The van der Waals surface area contributed by atoms with Gasteiger partial charge >= 0.3 is 12.4 Å². The smallest absolute Gasteiger partial charge is 0.416 e. The van der Waals surface area contributed by atoms with E-state index in [4.69, 9.17) is 0 Å². The van der Waals surface area contributed by atoms with Gasteiger partial charge in [-0.3, -0.25) is 24.6 Å². The Kier molecular flexibility index (Phi) is 8.48. The van der Waals surface area contributed by atoms with Crippen LogP contribution < -0.4 is 10.3 Å². The summed E-state index contributed by atoms with van der Waals surface area (Å²) < 4.78 is 83.4. The maximum Gasteiger partial charge on any atom is 0.416 e. The van der Waals surface area contributed by atoms with E-state index in [1.165, 1.54) is 6.07 Å². The largest absolute Gasteiger partial charge is 0.508 e. The third-order valence-corrected chi connectivity index (χ3v) is 11.8. The molecule has 2 aliphatic heterocycles. The average Bonchev–Trinajstić information content (AvgIpc) is 3.53. The number of nitrogens with zero attached hydrogens (tertiary/aromatic N) is 2. The number of allylic oxidation sites excluding steroid dienone is 2. The molecule has 4 aliphatic rings. The number of benzene rings is 4. The fourth-order valence-corrected chi connectivity index (χ4v) is 9.30. The molecule has 0 unspecified atom stereocenters. The highest BCUT2D eigenvalue weighted by molar-refractivity contribution is 6.22. The number of amides is 4. The third kappa shape index (κ3) is 5.59. The van der Waals surface area contributed by atoms with E-state index in [0.717, 1.165) is 10.6 Å². The number of phenolic OH excluding ortho intramolecular Hbond substituents is 1. The number of aryl methyl sites for hydroxylation is 2. The van der Waals surface area contributed by atoms with E-state index in [2.05, 4.69) is 5.43 Å². The zero-order chi connectivity index (χ0) is 40.1. The molecule has 2 aliphatic carbocycles. The zero-order valence-corrected chi connectivity index (χ0v) is 29.8. The maximum atomic E-state index is 15.2. The van der Waals surface area contributed by atoms with Gasteiger partial charge in [-0.25, -0.2) is 4.90 Å². The van der Waals surface area contributed by atoms with Crippen molar-refractivity contribution >= 4 is 35.0 Å². The van der Waals surface area contributed by atoms with Gasteiger partial charge in [-0.15, -0.1) is 0 Å². The fraction of sp³-hybridized carbons (Fsp3) is 0.286. The number of phenols is 1. The number of carbonyl (C=O) groups is 4. The van der Waals surface area contributed by atoms with Crippen LogP contribution in [0.1, 0.15) is 52.1 Å². The molecule has 56 heavy (non-hydrogen) atoms. The van der Waals surface area contributed by atoms with Crippen LogP contribution in [0.4, 0.5) is 37.7 Å². The van der Waals surface area contributed by atoms with Crippen molar-refractivity contribution in [2.75, 3.05) is 10.3 Å². The lowest BCUT2D eigenvalue weighted by Crippen LogP contribution is -2.53. The quantitative estimate of drug-likeness (QED) is 0.120. The first-order valence-corrected chi connectivity index (χ1v) is 17.9. The van der Waals surface area contributed by atoms with Crippen molar-refractivity contribution in [2.45, 2.75) is 50.4 Å². The van der Waals surface area contributed by atoms with Gasteiger partial charge in [0.15, 0.2) is 0 Å². The molecule has 14 heteroatoms. The minimum absolute atomic E-state index is 0.0351. The molecular formula is C42H33F6N3O5. The summed E-state index contributed by atoms with van der Waals surface area (Å²) >= 11 is 0. The van der Waals surface area contributed by atoms with Crippen molar-refractivity contribution < 1.29 is 50.6 Å². The number of halogens is 6. The number of alkyl halides is 6. The molecule has 6 atom stereocenters. The summed E-state index contributed by atoms with van der Waals surface area (Å²) in [5, 5.41) is 11.5. The summed E-state index contributed by atoms with van der Waals surface area (Å²) in [6.07, 6.45) is -8.99. The Balaban J connectivity index is 1.30. The number of hydrazine groups is 1. The van der Waals surface area contributed by atoms with E-state index >= 15 is 4.79 Å². The first-order chi connectivity index (χ1) is 26.4. The van der Waals surface area contributed by atoms with Crippen LogP contribution >= 0.6 is 0 Å². The molecular weight excluding hydrogens is 740 g/mol. The predicted octanol–water partition coefficient (Wildman–Crippen LogP) is 8.24. The van der Waals surface area contributed by atoms with Crippen LogP contribution in [-0.4, -0.2) is 33.7 Å². The van der Waals surface area contributed by atoms with Crippen molar-refractivity contribution in [1.29, 1.82) is 0 Å². The Morgan fingerprint density at radius 3 is 2.00 bits per heavy atom. The van der Waals surface area contributed by atoms with E-state index in [1.54, 1.807) is 79.7 Å². The van der Waals surface area contributed by atoms with Gasteiger partial charge in [0.25, 0.3) is 11.8 Å². The number of aromatic hydroxyl groups is 1. The lowest BCUT2D eigenvalue weighted by molar-refractivity contribution is -0.143. The number of nitrogens with one attached hydrogen (secondary N) is 1. The summed E-state index contributed by atoms with van der Waals surface area (Å²) in [6.45, 7) is 3.53. The number of fused-ring (bicyclic) bond motifs is 4. The molecule has 0 spiro atoms. The van der Waals surface area contributed by atoms with Gasteiger partial charge in [0.05, 0.1) is 45.7 Å². The van der Waals surface area contributed by atoms with Gasteiger partial charge in [0.2, 0.25) is 11.8 Å². The van der Waals surface area contributed by atoms with Gasteiger partial charge in [0, 0.05) is 5.92 Å². The molecule has 0 bridgehead atoms. The van der Waals surface area contributed by atoms with Gasteiger partial charge in [0.1, 0.15) is 5.75 Å². The highest BCUT2D eigenvalue weighted by atomic mass is 19.4. The highest BCUT2D eigenvalue weighted by Crippen LogP contribution is 2.64. The molecule has 2 N–H and O–H groups in total. The topological polar surface area (TPSA) is 107 Å². The number of carbonyl (C=O) groups excluding carboxylic acids is 4. The lowest BCUT2D eigenvalue weighted by Gasteiger charge is -2.50. The first kappa shape index (κ1) is 37.0. The molecule has 2 saturated heterocycles. The molecule has 2 heterocycles. The number of imide groups is 2. The molecule has 4 aromatic rings. The summed E-state index contributed by atoms with van der Waals surface area (Å²) in [5.74, 6) is -8.69. The standard InChI is InChI=1S/C42H33F6N3O5/c1-21-8-11-27(12-9-21)49-51-37(54)32-20-31-29(35(23-10-15-33(52)22(2)16-23)40(32,39(51)56)24-6-4-3-5-7-24)13-14-30-34(31)38(55)50(36(30)53)28-18-25(41(43,44)45)17-26(19-28)42(46,47)48/h3-13,15-19,30-32,34-35,49,52H,14,20H2,1-2H3/t30-,31+,32-,34-,35-,40+/m0/s1. The summed E-state index contributed by atoms with van der Waals surface area (Å²) in [6, 6.07) is 21.1. The van der Waals surface area contributed by atoms with E-state index < -0.39 is 87.8 Å². The zero-order valence-electron chi connectivity index (χ0n) is 29.8. The van der Waals surface area contributed by atoms with Crippen LogP contribution in [0.5, 0.6) is 5.75 Å². The van der Waals surface area contributed by atoms with Crippen LogP contribution in [0.2, 0.25) is 0 Å². The molecule has 4 amide bonds. The van der Waals surface area contributed by atoms with Gasteiger partial charge in [-0.05, 0) is 85.7 Å². The highest BCUT2D eigenvalue weighted by Gasteiger charge is 2.70. The Morgan fingerprint density at radius 1 is 0.750 bits per heavy atom. The molecule has 8 nitrogen and oxygen atoms in total. The molecule has 8 rings (SSSR count). The first-order valence-electron chi connectivity index (χ1n) is 17.9.